The van der Waals surface area contributed by atoms with Crippen LogP contribution in [-0.4, -0.2) is 9.98 Å². The predicted octanol–water partition coefficient (Wildman–Crippen LogP) is 0.833. The Hall–Kier alpha value is 0.110. The fourth-order valence-corrected chi connectivity index (χ4v) is 0. The van der Waals surface area contributed by atoms with Crippen LogP contribution in [0.4, 0.5) is 0 Å². The summed E-state index contributed by atoms with van der Waals surface area (Å²) in [4.78, 5) is 10.2. The summed E-state index contributed by atoms with van der Waals surface area (Å²) in [7, 11) is 0. The number of thiocarbonyl (C=S) groups is 1. The third-order valence-electron chi connectivity index (χ3n) is 0.301. The zero-order chi connectivity index (χ0) is 5.15. The van der Waals surface area contributed by atoms with Gasteiger partial charge in [0.05, 0.1) is 4.86 Å². The van der Waals surface area contributed by atoms with Crippen molar-refractivity contribution in [2.45, 2.75) is 6.92 Å². The Morgan fingerprint density at radius 3 is 2.00 bits per heavy atom. The molecule has 0 aromatic rings. The molecule has 0 aliphatic rings. The monoisotopic (exact) mass is 120 g/mol. The maximum atomic E-state index is 9.87. The van der Waals surface area contributed by atoms with E-state index in [4.69, 9.17) is 0 Å². The second kappa shape index (κ2) is 2.31. The number of hydrogen-bond acceptors (Lipinski definition) is 2. The molecule has 0 unspecified atom stereocenters. The van der Waals surface area contributed by atoms with Crippen molar-refractivity contribution in [2.75, 3.05) is 0 Å². The number of thiol groups is 1. The summed E-state index contributed by atoms with van der Waals surface area (Å²) in [6.07, 6.45) is 0. The van der Waals surface area contributed by atoms with E-state index in [-0.39, 0.29) is 5.12 Å². The molecule has 0 aliphatic heterocycles. The van der Waals surface area contributed by atoms with Gasteiger partial charge in [-0.05, 0) is 6.92 Å². The Morgan fingerprint density at radius 2 is 2.00 bits per heavy atom. The first-order chi connectivity index (χ1) is 2.64. The SMILES string of the molecule is CC(=S)C(=O)S. The minimum Gasteiger partial charge on any atom is -0.281 e. The van der Waals surface area contributed by atoms with Gasteiger partial charge in [-0.3, -0.25) is 4.79 Å². The Kier molecular flexibility index (Phi) is 2.35. The molecule has 34 valence electrons. The van der Waals surface area contributed by atoms with Crippen molar-refractivity contribution < 1.29 is 4.79 Å². The van der Waals surface area contributed by atoms with E-state index in [0.29, 0.717) is 4.86 Å². The first-order valence-electron chi connectivity index (χ1n) is 1.38. The van der Waals surface area contributed by atoms with E-state index in [1.165, 1.54) is 0 Å². The average Bonchev–Trinajstić information content (AvgIpc) is 1.36. The highest BCUT2D eigenvalue weighted by atomic mass is 32.1. The Bertz CT molecular complexity index is 74.8. The van der Waals surface area contributed by atoms with E-state index in [0.717, 1.165) is 0 Å². The molecular weight excluding hydrogens is 116 g/mol. The summed E-state index contributed by atoms with van der Waals surface area (Å²) in [5.41, 5.74) is 0. The lowest BCUT2D eigenvalue weighted by atomic mass is 10.5. The lowest BCUT2D eigenvalue weighted by molar-refractivity contribution is -0.105. The van der Waals surface area contributed by atoms with E-state index in [1.807, 2.05) is 0 Å². The molecule has 0 N–H and O–H groups in total. The van der Waals surface area contributed by atoms with Gasteiger partial charge in [-0.25, -0.2) is 0 Å². The van der Waals surface area contributed by atoms with Gasteiger partial charge in [-0.15, -0.1) is 0 Å². The van der Waals surface area contributed by atoms with Crippen molar-refractivity contribution in [3.8, 4) is 0 Å². The summed E-state index contributed by atoms with van der Waals surface area (Å²) in [6.45, 7) is 1.55. The Balaban J connectivity index is 3.57. The Labute approximate surface area is 47.1 Å². The van der Waals surface area contributed by atoms with Gasteiger partial charge < -0.3 is 0 Å². The van der Waals surface area contributed by atoms with Crippen LogP contribution in [0, 0.1) is 0 Å². The standard InChI is InChI=1S/C3H4OS2/c1-2(5)3(4)6/h1H3,(H,4,6). The lowest BCUT2D eigenvalue weighted by Gasteiger charge is -1.76. The van der Waals surface area contributed by atoms with Crippen LogP contribution in [0.5, 0.6) is 0 Å². The van der Waals surface area contributed by atoms with E-state index >= 15 is 0 Å². The highest BCUT2D eigenvalue weighted by molar-refractivity contribution is 8.02. The van der Waals surface area contributed by atoms with Gasteiger partial charge in [0.2, 0.25) is 5.12 Å². The fourth-order valence-electron chi connectivity index (χ4n) is 0. The first-order valence-corrected chi connectivity index (χ1v) is 2.24. The van der Waals surface area contributed by atoms with Crippen molar-refractivity contribution in [3.05, 3.63) is 0 Å². The van der Waals surface area contributed by atoms with Crippen LogP contribution in [0.3, 0.4) is 0 Å². The van der Waals surface area contributed by atoms with Crippen LogP contribution in [-0.2, 0) is 4.79 Å². The van der Waals surface area contributed by atoms with Crippen molar-refractivity contribution in [1.29, 1.82) is 0 Å². The topological polar surface area (TPSA) is 17.1 Å². The maximum absolute atomic E-state index is 9.87. The van der Waals surface area contributed by atoms with Crippen molar-refractivity contribution in [2.24, 2.45) is 0 Å². The summed E-state index contributed by atoms with van der Waals surface area (Å²) in [6, 6.07) is 0. The van der Waals surface area contributed by atoms with Gasteiger partial charge in [-0.2, -0.15) is 0 Å². The molecule has 0 amide bonds. The molecule has 0 saturated heterocycles. The predicted molar refractivity (Wildman–Crippen MR) is 32.3 cm³/mol. The van der Waals surface area contributed by atoms with Crippen LogP contribution >= 0.6 is 24.8 Å². The highest BCUT2D eigenvalue weighted by Crippen LogP contribution is 1.80. The summed E-state index contributed by atoms with van der Waals surface area (Å²) >= 11 is 7.81. The summed E-state index contributed by atoms with van der Waals surface area (Å²) in [5, 5.41) is -0.315. The largest absolute Gasteiger partial charge is 0.281 e. The zero-order valence-electron chi connectivity index (χ0n) is 3.26. The number of rotatable bonds is 1. The number of carbonyl (C=O) groups is 1. The van der Waals surface area contributed by atoms with Gasteiger partial charge in [0.25, 0.3) is 0 Å². The van der Waals surface area contributed by atoms with Crippen molar-refractivity contribution in [1.82, 2.24) is 0 Å². The molecule has 3 heteroatoms. The molecule has 6 heavy (non-hydrogen) atoms. The molecule has 0 aliphatic carbocycles. The molecule has 0 heterocycles. The molecule has 0 spiro atoms. The van der Waals surface area contributed by atoms with Gasteiger partial charge in [0, 0.05) is 0 Å². The molecule has 0 aromatic heterocycles. The summed E-state index contributed by atoms with van der Waals surface area (Å²) < 4.78 is 0. The minimum absolute atomic E-state index is 0.315. The van der Waals surface area contributed by atoms with Crippen LogP contribution < -0.4 is 0 Å². The molecule has 0 saturated carbocycles. The fraction of sp³-hybridized carbons (Fsp3) is 0.333. The van der Waals surface area contributed by atoms with Crippen molar-refractivity contribution in [3.63, 3.8) is 0 Å². The number of hydrogen-bond donors (Lipinski definition) is 1. The smallest absolute Gasteiger partial charge is 0.222 e. The van der Waals surface area contributed by atoms with Gasteiger partial charge in [0.1, 0.15) is 0 Å². The zero-order valence-corrected chi connectivity index (χ0v) is 4.97. The van der Waals surface area contributed by atoms with E-state index in [9.17, 15) is 4.79 Å². The van der Waals surface area contributed by atoms with E-state index in [1.54, 1.807) is 6.92 Å². The van der Waals surface area contributed by atoms with Crippen LogP contribution in [0.15, 0.2) is 0 Å². The third kappa shape index (κ3) is 2.35. The minimum atomic E-state index is -0.315. The van der Waals surface area contributed by atoms with Gasteiger partial charge >= 0.3 is 0 Å². The second-order valence-corrected chi connectivity index (χ2v) is 1.88. The quantitative estimate of drug-likeness (QED) is 0.408. The molecule has 0 atom stereocenters. The average molecular weight is 120 g/mol. The molecule has 0 aromatic carbocycles. The van der Waals surface area contributed by atoms with Crippen molar-refractivity contribution >= 4 is 34.8 Å². The highest BCUT2D eigenvalue weighted by Gasteiger charge is 1.90. The summed E-state index contributed by atoms with van der Waals surface area (Å²) in [5.74, 6) is 0. The molecule has 0 bridgehead atoms. The Morgan fingerprint density at radius 1 is 1.83 bits per heavy atom. The second-order valence-electron chi connectivity index (χ2n) is 0.861. The molecule has 0 fully saturated rings. The maximum Gasteiger partial charge on any atom is 0.222 e. The van der Waals surface area contributed by atoms with Gasteiger partial charge in [-0.1, -0.05) is 24.8 Å². The van der Waals surface area contributed by atoms with E-state index in [2.05, 4.69) is 24.8 Å². The number of carbonyl (C=O) groups excluding carboxylic acids is 1. The molecule has 0 rings (SSSR count). The molecule has 1 nitrogen and oxygen atoms in total. The van der Waals surface area contributed by atoms with Crippen LogP contribution in [0.1, 0.15) is 6.92 Å². The molecule has 0 radical (unpaired) electrons. The lowest BCUT2D eigenvalue weighted by Crippen LogP contribution is -1.95. The third-order valence-corrected chi connectivity index (χ3v) is 0.973. The normalized spacial score (nSPS) is 7.67. The van der Waals surface area contributed by atoms with Crippen LogP contribution in [0.2, 0.25) is 0 Å². The van der Waals surface area contributed by atoms with Crippen LogP contribution in [0.25, 0.3) is 0 Å². The molecular formula is C3H4OS2. The van der Waals surface area contributed by atoms with Gasteiger partial charge in [0.15, 0.2) is 0 Å². The first kappa shape index (κ1) is 6.11. The van der Waals surface area contributed by atoms with E-state index < -0.39 is 0 Å².